The van der Waals surface area contributed by atoms with E-state index in [9.17, 15) is 4.39 Å². The lowest BCUT2D eigenvalue weighted by Crippen LogP contribution is -1.99. The van der Waals surface area contributed by atoms with E-state index in [0.29, 0.717) is 5.69 Å². The fraction of sp³-hybridized carbons (Fsp3) is 0. The lowest BCUT2D eigenvalue weighted by molar-refractivity contribution is 0.626. The van der Waals surface area contributed by atoms with Crippen LogP contribution in [-0.2, 0) is 0 Å². The third-order valence-corrected chi connectivity index (χ3v) is 2.31. The van der Waals surface area contributed by atoms with Crippen molar-refractivity contribution in [1.82, 2.24) is 9.78 Å². The maximum atomic E-state index is 12.9. The van der Waals surface area contributed by atoms with E-state index in [-0.39, 0.29) is 16.4 Å². The van der Waals surface area contributed by atoms with Crippen LogP contribution in [0.1, 0.15) is 5.56 Å². The number of halogens is 2. The number of nitriles is 1. The van der Waals surface area contributed by atoms with Gasteiger partial charge in [0.05, 0.1) is 17.4 Å². The predicted octanol–water partition coefficient (Wildman–Crippen LogP) is 2.12. The second kappa shape index (κ2) is 3.83. The van der Waals surface area contributed by atoms with Crippen LogP contribution in [0.2, 0.25) is 5.02 Å². The van der Waals surface area contributed by atoms with Gasteiger partial charge in [0, 0.05) is 0 Å². The minimum atomic E-state index is -0.480. The van der Waals surface area contributed by atoms with Gasteiger partial charge in [0.15, 0.2) is 5.82 Å². The van der Waals surface area contributed by atoms with Crippen LogP contribution in [0, 0.1) is 17.1 Å². The number of nitrogen functional groups attached to an aromatic ring is 1. The van der Waals surface area contributed by atoms with Crippen molar-refractivity contribution in [3.05, 3.63) is 40.8 Å². The summed E-state index contributed by atoms with van der Waals surface area (Å²) in [5, 5.41) is 13.1. The molecular formula is C10H6ClFN4. The van der Waals surface area contributed by atoms with E-state index in [0.717, 1.165) is 6.07 Å². The van der Waals surface area contributed by atoms with Gasteiger partial charge in [-0.3, -0.25) is 0 Å². The summed E-state index contributed by atoms with van der Waals surface area (Å²) in [6, 6.07) is 5.68. The van der Waals surface area contributed by atoms with Crippen LogP contribution in [0.4, 0.5) is 10.2 Å². The second-order valence-electron chi connectivity index (χ2n) is 3.08. The molecule has 2 N–H and O–H groups in total. The molecule has 0 saturated carbocycles. The van der Waals surface area contributed by atoms with E-state index in [1.807, 2.05) is 6.07 Å². The number of nitrogens with two attached hydrogens (primary N) is 1. The minimum absolute atomic E-state index is 0.162. The highest BCUT2D eigenvalue weighted by Gasteiger charge is 2.09. The van der Waals surface area contributed by atoms with Crippen molar-refractivity contribution in [2.75, 3.05) is 5.73 Å². The Hall–Kier alpha value is -2.06. The monoisotopic (exact) mass is 236 g/mol. The summed E-state index contributed by atoms with van der Waals surface area (Å²) >= 11 is 5.74. The number of hydrogen-bond donors (Lipinski definition) is 1. The molecule has 0 aliphatic rings. The van der Waals surface area contributed by atoms with Crippen LogP contribution < -0.4 is 5.73 Å². The van der Waals surface area contributed by atoms with Crippen LogP contribution in [-0.4, -0.2) is 9.78 Å². The molecule has 0 spiro atoms. The van der Waals surface area contributed by atoms with E-state index in [1.54, 1.807) is 0 Å². The van der Waals surface area contributed by atoms with Gasteiger partial charge in [0.2, 0.25) is 0 Å². The topological polar surface area (TPSA) is 67.6 Å². The predicted molar refractivity (Wildman–Crippen MR) is 57.7 cm³/mol. The van der Waals surface area contributed by atoms with Crippen molar-refractivity contribution >= 4 is 17.4 Å². The molecule has 4 nitrogen and oxygen atoms in total. The number of nitrogens with zero attached hydrogens (tertiary/aromatic N) is 3. The first-order valence-electron chi connectivity index (χ1n) is 4.32. The molecule has 0 saturated heterocycles. The van der Waals surface area contributed by atoms with E-state index >= 15 is 0 Å². The first-order chi connectivity index (χ1) is 7.61. The van der Waals surface area contributed by atoms with E-state index < -0.39 is 5.82 Å². The zero-order valence-electron chi connectivity index (χ0n) is 7.98. The highest BCUT2D eigenvalue weighted by atomic mass is 35.5. The molecule has 1 aromatic carbocycles. The minimum Gasteiger partial charge on any atom is -0.381 e. The molecule has 0 unspecified atom stereocenters. The molecule has 1 aromatic heterocycles. The maximum absolute atomic E-state index is 12.9. The molecule has 2 aromatic rings. The summed E-state index contributed by atoms with van der Waals surface area (Å²) in [6.07, 6.45) is 1.46. The fourth-order valence-corrected chi connectivity index (χ4v) is 1.42. The molecule has 0 bridgehead atoms. The Bertz CT molecular complexity index is 565. The lowest BCUT2D eigenvalue weighted by atomic mass is 10.2. The molecule has 16 heavy (non-hydrogen) atoms. The SMILES string of the molecule is N#Cc1cc(F)ccc1-n1cc(Cl)c(N)n1. The van der Waals surface area contributed by atoms with Crippen molar-refractivity contribution in [3.63, 3.8) is 0 Å². The Morgan fingerprint density at radius 2 is 2.25 bits per heavy atom. The molecule has 0 aliphatic heterocycles. The standard InChI is InChI=1S/C10H6ClFN4/c11-8-5-16(15-10(8)14)9-2-1-7(12)3-6(9)4-13/h1-3,5H,(H2,14,15). The van der Waals surface area contributed by atoms with Crippen molar-refractivity contribution in [2.45, 2.75) is 0 Å². The Balaban J connectivity index is 2.60. The average molecular weight is 237 g/mol. The van der Waals surface area contributed by atoms with Crippen LogP contribution in [0.25, 0.3) is 5.69 Å². The summed E-state index contributed by atoms with van der Waals surface area (Å²) in [7, 11) is 0. The highest BCUT2D eigenvalue weighted by molar-refractivity contribution is 6.32. The summed E-state index contributed by atoms with van der Waals surface area (Å²) < 4.78 is 14.2. The van der Waals surface area contributed by atoms with Gasteiger partial charge in [0.25, 0.3) is 0 Å². The summed E-state index contributed by atoms with van der Waals surface area (Å²) in [4.78, 5) is 0. The van der Waals surface area contributed by atoms with Crippen molar-refractivity contribution in [2.24, 2.45) is 0 Å². The van der Waals surface area contributed by atoms with Crippen molar-refractivity contribution < 1.29 is 4.39 Å². The first-order valence-corrected chi connectivity index (χ1v) is 4.70. The molecule has 0 amide bonds. The maximum Gasteiger partial charge on any atom is 0.164 e. The molecule has 6 heteroatoms. The fourth-order valence-electron chi connectivity index (χ4n) is 1.29. The highest BCUT2D eigenvalue weighted by Crippen LogP contribution is 2.21. The van der Waals surface area contributed by atoms with Gasteiger partial charge in [-0.25, -0.2) is 9.07 Å². The molecule has 0 radical (unpaired) electrons. The third kappa shape index (κ3) is 1.71. The third-order valence-electron chi connectivity index (χ3n) is 2.02. The largest absolute Gasteiger partial charge is 0.381 e. The smallest absolute Gasteiger partial charge is 0.164 e. The zero-order valence-corrected chi connectivity index (χ0v) is 8.74. The van der Waals surface area contributed by atoms with E-state index in [2.05, 4.69) is 5.10 Å². The average Bonchev–Trinajstić information content (AvgIpc) is 2.59. The number of hydrogen-bond acceptors (Lipinski definition) is 3. The Labute approximate surface area is 95.7 Å². The number of rotatable bonds is 1. The van der Waals surface area contributed by atoms with Crippen LogP contribution in [0.3, 0.4) is 0 Å². The molecule has 80 valence electrons. The van der Waals surface area contributed by atoms with Crippen LogP contribution in [0.5, 0.6) is 0 Å². The molecular weight excluding hydrogens is 231 g/mol. The first kappa shape index (κ1) is 10.5. The van der Waals surface area contributed by atoms with Crippen LogP contribution in [0.15, 0.2) is 24.4 Å². The molecule has 2 rings (SSSR count). The van der Waals surface area contributed by atoms with Gasteiger partial charge < -0.3 is 5.73 Å². The van der Waals surface area contributed by atoms with Gasteiger partial charge in [0.1, 0.15) is 16.9 Å². The lowest BCUT2D eigenvalue weighted by Gasteiger charge is -2.02. The van der Waals surface area contributed by atoms with Gasteiger partial charge in [-0.15, -0.1) is 5.10 Å². The van der Waals surface area contributed by atoms with Crippen molar-refractivity contribution in [1.29, 1.82) is 5.26 Å². The molecule has 0 aliphatic carbocycles. The Kier molecular flexibility index (Phi) is 2.50. The molecule has 0 atom stereocenters. The quantitative estimate of drug-likeness (QED) is 0.825. The number of anilines is 1. The van der Waals surface area contributed by atoms with E-state index in [1.165, 1.54) is 23.0 Å². The number of aromatic nitrogens is 2. The Morgan fingerprint density at radius 1 is 1.50 bits per heavy atom. The zero-order chi connectivity index (χ0) is 11.7. The molecule has 0 fully saturated rings. The van der Waals surface area contributed by atoms with Crippen LogP contribution >= 0.6 is 11.6 Å². The van der Waals surface area contributed by atoms with Gasteiger partial charge in [-0.1, -0.05) is 11.6 Å². The van der Waals surface area contributed by atoms with Gasteiger partial charge >= 0.3 is 0 Å². The van der Waals surface area contributed by atoms with Gasteiger partial charge in [-0.05, 0) is 18.2 Å². The second-order valence-corrected chi connectivity index (χ2v) is 3.49. The summed E-state index contributed by atoms with van der Waals surface area (Å²) in [5.41, 5.74) is 6.08. The van der Waals surface area contributed by atoms with Gasteiger partial charge in [-0.2, -0.15) is 5.26 Å². The number of benzene rings is 1. The molecule has 1 heterocycles. The summed E-state index contributed by atoms with van der Waals surface area (Å²) in [5.74, 6) is -0.318. The summed E-state index contributed by atoms with van der Waals surface area (Å²) in [6.45, 7) is 0. The normalized spacial score (nSPS) is 10.1. The van der Waals surface area contributed by atoms with Crippen molar-refractivity contribution in [3.8, 4) is 11.8 Å². The Morgan fingerprint density at radius 3 is 2.81 bits per heavy atom. The van der Waals surface area contributed by atoms with E-state index in [4.69, 9.17) is 22.6 Å².